The highest BCUT2D eigenvalue weighted by Gasteiger charge is 2.24. The summed E-state index contributed by atoms with van der Waals surface area (Å²) in [5.41, 5.74) is 3.33. The van der Waals surface area contributed by atoms with Crippen molar-refractivity contribution in [2.75, 3.05) is 0 Å². The van der Waals surface area contributed by atoms with Crippen LogP contribution in [0.1, 0.15) is 38.1 Å². The summed E-state index contributed by atoms with van der Waals surface area (Å²) in [6.07, 6.45) is 1.96. The third-order valence-corrected chi connectivity index (χ3v) is 4.76. The highest BCUT2D eigenvalue weighted by Crippen LogP contribution is 2.30. The third kappa shape index (κ3) is 4.24. The summed E-state index contributed by atoms with van der Waals surface area (Å²) < 4.78 is 5.51. The fourth-order valence-electron chi connectivity index (χ4n) is 3.58. The van der Waals surface area contributed by atoms with E-state index in [-0.39, 0.29) is 6.04 Å². The number of carbonyl (C=O) groups is 1. The van der Waals surface area contributed by atoms with Gasteiger partial charge in [0.15, 0.2) is 0 Å². The SMILES string of the molecule is CC(C)(C)OC(=O)N[C@@H](Cc1ccccc1)c1nccc2c1[nH]c1ccccc12. The summed E-state index contributed by atoms with van der Waals surface area (Å²) in [6.45, 7) is 5.57. The maximum Gasteiger partial charge on any atom is 0.408 e. The van der Waals surface area contributed by atoms with Gasteiger partial charge in [-0.25, -0.2) is 4.79 Å². The fraction of sp³-hybridized carbons (Fsp3) is 0.250. The number of alkyl carbamates (subject to hydrolysis) is 1. The first kappa shape index (κ1) is 19.0. The lowest BCUT2D eigenvalue weighted by atomic mass is 10.0. The van der Waals surface area contributed by atoms with E-state index in [1.165, 1.54) is 0 Å². The van der Waals surface area contributed by atoms with Gasteiger partial charge < -0.3 is 15.0 Å². The smallest absolute Gasteiger partial charge is 0.408 e. The van der Waals surface area contributed by atoms with E-state index in [1.54, 1.807) is 6.20 Å². The van der Waals surface area contributed by atoms with Gasteiger partial charge in [-0.15, -0.1) is 0 Å². The molecule has 0 unspecified atom stereocenters. The summed E-state index contributed by atoms with van der Waals surface area (Å²) in [5.74, 6) is 0. The van der Waals surface area contributed by atoms with Crippen LogP contribution in [0.25, 0.3) is 21.8 Å². The van der Waals surface area contributed by atoms with E-state index in [9.17, 15) is 4.79 Å². The van der Waals surface area contributed by atoms with Gasteiger partial charge in [-0.2, -0.15) is 0 Å². The molecule has 0 spiro atoms. The average molecular weight is 387 g/mol. The Hall–Kier alpha value is -3.34. The largest absolute Gasteiger partial charge is 0.444 e. The second-order valence-corrected chi connectivity index (χ2v) is 8.18. The van der Waals surface area contributed by atoms with Crippen LogP contribution in [0.4, 0.5) is 4.79 Å². The van der Waals surface area contributed by atoms with Crippen LogP contribution in [0, 0.1) is 0 Å². The van der Waals surface area contributed by atoms with Crippen LogP contribution in [0.3, 0.4) is 0 Å². The van der Waals surface area contributed by atoms with Crippen LogP contribution >= 0.6 is 0 Å². The number of pyridine rings is 1. The topological polar surface area (TPSA) is 67.0 Å². The molecule has 0 saturated heterocycles. The van der Waals surface area contributed by atoms with Crippen molar-refractivity contribution in [3.63, 3.8) is 0 Å². The van der Waals surface area contributed by atoms with Gasteiger partial charge in [0.2, 0.25) is 0 Å². The lowest BCUT2D eigenvalue weighted by Gasteiger charge is -2.24. The molecule has 0 aliphatic heterocycles. The Labute approximate surface area is 170 Å². The van der Waals surface area contributed by atoms with E-state index in [1.807, 2.05) is 63.2 Å². The van der Waals surface area contributed by atoms with Crippen LogP contribution in [-0.4, -0.2) is 21.7 Å². The van der Waals surface area contributed by atoms with Gasteiger partial charge in [-0.1, -0.05) is 48.5 Å². The van der Waals surface area contributed by atoms with Crippen molar-refractivity contribution in [1.82, 2.24) is 15.3 Å². The van der Waals surface area contributed by atoms with Crippen molar-refractivity contribution in [3.8, 4) is 0 Å². The molecule has 2 aromatic carbocycles. The predicted octanol–water partition coefficient (Wildman–Crippen LogP) is 5.52. The summed E-state index contributed by atoms with van der Waals surface area (Å²) in [4.78, 5) is 20.7. The van der Waals surface area contributed by atoms with Crippen molar-refractivity contribution >= 4 is 27.9 Å². The van der Waals surface area contributed by atoms with E-state index < -0.39 is 11.7 Å². The van der Waals surface area contributed by atoms with E-state index in [0.717, 1.165) is 33.1 Å². The van der Waals surface area contributed by atoms with Crippen LogP contribution < -0.4 is 5.32 Å². The lowest BCUT2D eigenvalue weighted by molar-refractivity contribution is 0.0502. The normalized spacial score (nSPS) is 12.8. The number of hydrogen-bond donors (Lipinski definition) is 2. The molecule has 0 aliphatic carbocycles. The molecule has 0 radical (unpaired) electrons. The van der Waals surface area contributed by atoms with Crippen molar-refractivity contribution < 1.29 is 9.53 Å². The van der Waals surface area contributed by atoms with Gasteiger partial charge in [0.05, 0.1) is 17.3 Å². The second kappa shape index (κ2) is 7.59. The molecule has 1 amide bonds. The first-order valence-corrected chi connectivity index (χ1v) is 9.79. The molecule has 2 aromatic heterocycles. The molecule has 2 N–H and O–H groups in total. The van der Waals surface area contributed by atoms with Gasteiger partial charge in [-0.05, 0) is 44.9 Å². The third-order valence-electron chi connectivity index (χ3n) is 4.76. The van der Waals surface area contributed by atoms with E-state index in [0.29, 0.717) is 6.42 Å². The molecule has 0 aliphatic rings. The first-order chi connectivity index (χ1) is 13.9. The summed E-state index contributed by atoms with van der Waals surface area (Å²) in [6, 6.07) is 19.9. The Balaban J connectivity index is 1.76. The Morgan fingerprint density at radius 1 is 1.03 bits per heavy atom. The number of nitrogens with zero attached hydrogens (tertiary/aromatic N) is 1. The van der Waals surface area contributed by atoms with Crippen molar-refractivity contribution in [2.45, 2.75) is 38.8 Å². The minimum absolute atomic E-state index is 0.330. The number of para-hydroxylation sites is 1. The Bertz CT molecular complexity index is 1140. The highest BCUT2D eigenvalue weighted by molar-refractivity contribution is 6.07. The predicted molar refractivity (Wildman–Crippen MR) is 116 cm³/mol. The van der Waals surface area contributed by atoms with E-state index in [4.69, 9.17) is 4.74 Å². The van der Waals surface area contributed by atoms with Gasteiger partial charge in [0.1, 0.15) is 5.60 Å². The Morgan fingerprint density at radius 3 is 2.52 bits per heavy atom. The van der Waals surface area contributed by atoms with E-state index >= 15 is 0 Å². The number of hydrogen-bond acceptors (Lipinski definition) is 3. The standard InChI is InChI=1S/C24H25N3O2/c1-24(2,3)29-23(28)27-20(15-16-9-5-4-6-10-16)22-21-18(13-14-25-22)17-11-7-8-12-19(17)26-21/h4-14,20,26H,15H2,1-3H3,(H,27,28)/t20-/m0/s1. The maximum atomic E-state index is 12.6. The molecule has 148 valence electrons. The van der Waals surface area contributed by atoms with Crippen molar-refractivity contribution in [3.05, 3.63) is 78.1 Å². The molecule has 29 heavy (non-hydrogen) atoms. The summed E-state index contributed by atoms with van der Waals surface area (Å²) in [5, 5.41) is 5.26. The van der Waals surface area contributed by atoms with Gasteiger partial charge in [0, 0.05) is 22.5 Å². The van der Waals surface area contributed by atoms with Gasteiger partial charge in [-0.3, -0.25) is 4.98 Å². The molecule has 1 atom stereocenters. The molecular formula is C24H25N3O2. The van der Waals surface area contributed by atoms with Crippen LogP contribution in [0.15, 0.2) is 66.9 Å². The Morgan fingerprint density at radius 2 is 1.76 bits per heavy atom. The van der Waals surface area contributed by atoms with E-state index in [2.05, 4.69) is 33.5 Å². The van der Waals surface area contributed by atoms with Gasteiger partial charge in [0.25, 0.3) is 0 Å². The zero-order valence-corrected chi connectivity index (χ0v) is 16.9. The number of fused-ring (bicyclic) bond motifs is 3. The number of carbonyl (C=O) groups excluding carboxylic acids is 1. The summed E-state index contributed by atoms with van der Waals surface area (Å²) >= 11 is 0. The molecule has 0 fully saturated rings. The zero-order valence-electron chi connectivity index (χ0n) is 16.9. The second-order valence-electron chi connectivity index (χ2n) is 8.18. The minimum atomic E-state index is -0.568. The quantitative estimate of drug-likeness (QED) is 0.484. The van der Waals surface area contributed by atoms with Crippen molar-refractivity contribution in [2.24, 2.45) is 0 Å². The lowest BCUT2D eigenvalue weighted by Crippen LogP contribution is -2.36. The number of rotatable bonds is 4. The molecule has 0 bridgehead atoms. The number of benzene rings is 2. The van der Waals surface area contributed by atoms with Crippen molar-refractivity contribution in [1.29, 1.82) is 0 Å². The minimum Gasteiger partial charge on any atom is -0.444 e. The molecule has 4 rings (SSSR count). The molecule has 4 aromatic rings. The fourth-order valence-corrected chi connectivity index (χ4v) is 3.58. The molecular weight excluding hydrogens is 362 g/mol. The molecule has 2 heterocycles. The number of H-pyrrole nitrogens is 1. The maximum absolute atomic E-state index is 12.6. The number of nitrogens with one attached hydrogen (secondary N) is 2. The number of aromatic amines is 1. The number of aromatic nitrogens is 2. The summed E-state index contributed by atoms with van der Waals surface area (Å²) in [7, 11) is 0. The monoisotopic (exact) mass is 387 g/mol. The van der Waals surface area contributed by atoms with Crippen LogP contribution in [0.2, 0.25) is 0 Å². The zero-order chi connectivity index (χ0) is 20.4. The first-order valence-electron chi connectivity index (χ1n) is 9.79. The molecule has 5 heteroatoms. The highest BCUT2D eigenvalue weighted by atomic mass is 16.6. The molecule has 5 nitrogen and oxygen atoms in total. The van der Waals surface area contributed by atoms with Gasteiger partial charge >= 0.3 is 6.09 Å². The Kier molecular flexibility index (Phi) is 4.97. The van der Waals surface area contributed by atoms with Crippen LogP contribution in [0.5, 0.6) is 0 Å². The molecule has 0 saturated carbocycles. The average Bonchev–Trinajstić information content (AvgIpc) is 3.05. The number of amides is 1. The van der Waals surface area contributed by atoms with Crippen LogP contribution in [-0.2, 0) is 11.2 Å². The number of ether oxygens (including phenoxy) is 1.